The van der Waals surface area contributed by atoms with Gasteiger partial charge in [-0.2, -0.15) is 0 Å². The molecule has 0 amide bonds. The minimum Gasteiger partial charge on any atom is -0.357 e. The number of aromatic nitrogens is 3. The van der Waals surface area contributed by atoms with Crippen LogP contribution in [0.4, 0.5) is 4.39 Å². The van der Waals surface area contributed by atoms with E-state index >= 15 is 0 Å². The number of imidazole rings is 1. The van der Waals surface area contributed by atoms with Crippen LogP contribution in [0.15, 0.2) is 66.3 Å². The van der Waals surface area contributed by atoms with Crippen LogP contribution in [0.25, 0.3) is 5.82 Å². The molecule has 2 heterocycles. The molecule has 2 N–H and O–H groups in total. The first-order valence-electron chi connectivity index (χ1n) is 8.94. The highest BCUT2D eigenvalue weighted by molar-refractivity contribution is 5.79. The van der Waals surface area contributed by atoms with Crippen LogP contribution in [-0.2, 0) is 13.0 Å². The summed E-state index contributed by atoms with van der Waals surface area (Å²) in [7, 11) is 0. The van der Waals surface area contributed by atoms with E-state index in [0.29, 0.717) is 13.1 Å². The van der Waals surface area contributed by atoms with E-state index in [2.05, 4.69) is 25.6 Å². The van der Waals surface area contributed by atoms with Gasteiger partial charge in [-0.15, -0.1) is 0 Å². The third kappa shape index (κ3) is 5.64. The topological polar surface area (TPSA) is 67.1 Å². The maximum absolute atomic E-state index is 13.2. The minimum absolute atomic E-state index is 0.209. The summed E-state index contributed by atoms with van der Waals surface area (Å²) in [6.45, 7) is 3.98. The molecule has 0 spiro atoms. The van der Waals surface area contributed by atoms with Crippen LogP contribution in [0.5, 0.6) is 0 Å². The Hall–Kier alpha value is -3.22. The van der Waals surface area contributed by atoms with E-state index in [1.54, 1.807) is 24.7 Å². The standard InChI is InChI=1S/C20H23FN6/c1-2-23-20(24-9-8-16-4-3-5-18(21)12-16)26-14-17-6-7-19(25-13-17)27-11-10-22-15-27/h3-7,10-13,15H,2,8-9,14H2,1H3,(H2,23,24,26). The Kier molecular flexibility index (Phi) is 6.51. The van der Waals surface area contributed by atoms with Gasteiger partial charge in [0.2, 0.25) is 0 Å². The lowest BCUT2D eigenvalue weighted by Gasteiger charge is -2.11. The summed E-state index contributed by atoms with van der Waals surface area (Å²) in [5, 5.41) is 6.49. The predicted molar refractivity (Wildman–Crippen MR) is 104 cm³/mol. The predicted octanol–water partition coefficient (Wildman–Crippen LogP) is 2.70. The Morgan fingerprint density at radius 2 is 2.11 bits per heavy atom. The van der Waals surface area contributed by atoms with E-state index in [-0.39, 0.29) is 5.82 Å². The van der Waals surface area contributed by atoms with Gasteiger partial charge in [-0.3, -0.25) is 4.57 Å². The fourth-order valence-corrected chi connectivity index (χ4v) is 2.59. The van der Waals surface area contributed by atoms with Gasteiger partial charge in [0.15, 0.2) is 5.96 Å². The zero-order valence-electron chi connectivity index (χ0n) is 15.3. The van der Waals surface area contributed by atoms with Gasteiger partial charge in [0, 0.05) is 31.7 Å². The number of hydrogen-bond acceptors (Lipinski definition) is 3. The summed E-state index contributed by atoms with van der Waals surface area (Å²) in [5.74, 6) is 1.34. The van der Waals surface area contributed by atoms with Crippen molar-refractivity contribution in [1.29, 1.82) is 0 Å². The summed E-state index contributed by atoms with van der Waals surface area (Å²) < 4.78 is 15.1. The number of benzene rings is 1. The second-order valence-electron chi connectivity index (χ2n) is 6.00. The first-order valence-corrected chi connectivity index (χ1v) is 8.94. The molecule has 0 unspecified atom stereocenters. The fourth-order valence-electron chi connectivity index (χ4n) is 2.59. The first-order chi connectivity index (χ1) is 13.2. The summed E-state index contributed by atoms with van der Waals surface area (Å²) in [5.41, 5.74) is 1.97. The summed E-state index contributed by atoms with van der Waals surface area (Å²) in [4.78, 5) is 13.0. The molecule has 0 saturated heterocycles. The first kappa shape index (κ1) is 18.6. The average Bonchev–Trinajstić information content (AvgIpc) is 3.21. The van der Waals surface area contributed by atoms with Gasteiger partial charge in [0.25, 0.3) is 0 Å². The molecule has 3 aromatic rings. The highest BCUT2D eigenvalue weighted by Gasteiger charge is 2.01. The number of guanidine groups is 1. The van der Waals surface area contributed by atoms with Crippen LogP contribution >= 0.6 is 0 Å². The summed E-state index contributed by atoms with van der Waals surface area (Å²) >= 11 is 0. The molecule has 0 aliphatic rings. The number of hydrogen-bond donors (Lipinski definition) is 2. The van der Waals surface area contributed by atoms with Crippen LogP contribution in [0.3, 0.4) is 0 Å². The Bertz CT molecular complexity index is 858. The van der Waals surface area contributed by atoms with Crippen molar-refractivity contribution in [2.75, 3.05) is 13.1 Å². The smallest absolute Gasteiger partial charge is 0.191 e. The van der Waals surface area contributed by atoms with E-state index in [9.17, 15) is 4.39 Å². The van der Waals surface area contributed by atoms with Crippen LogP contribution in [0.1, 0.15) is 18.1 Å². The molecule has 0 fully saturated rings. The molecule has 140 valence electrons. The van der Waals surface area contributed by atoms with Crippen molar-refractivity contribution >= 4 is 5.96 Å². The molecule has 0 radical (unpaired) electrons. The number of nitrogens with zero attached hydrogens (tertiary/aromatic N) is 4. The second-order valence-corrected chi connectivity index (χ2v) is 6.00. The van der Waals surface area contributed by atoms with Crippen molar-refractivity contribution in [1.82, 2.24) is 25.2 Å². The highest BCUT2D eigenvalue weighted by atomic mass is 19.1. The maximum atomic E-state index is 13.2. The van der Waals surface area contributed by atoms with Gasteiger partial charge in [-0.1, -0.05) is 18.2 Å². The SMILES string of the molecule is CCNC(=NCc1ccc(-n2ccnc2)nc1)NCCc1cccc(F)c1. The van der Waals surface area contributed by atoms with Crippen molar-refractivity contribution in [3.63, 3.8) is 0 Å². The van der Waals surface area contributed by atoms with Crippen LogP contribution < -0.4 is 10.6 Å². The Balaban J connectivity index is 1.55. The number of pyridine rings is 1. The molecular formula is C20H23FN6. The lowest BCUT2D eigenvalue weighted by molar-refractivity contribution is 0.625. The molecule has 7 heteroatoms. The summed E-state index contributed by atoms with van der Waals surface area (Å²) in [6.07, 6.45) is 7.83. The van der Waals surface area contributed by atoms with Crippen molar-refractivity contribution < 1.29 is 4.39 Å². The third-order valence-corrected chi connectivity index (χ3v) is 3.94. The Morgan fingerprint density at radius 3 is 2.81 bits per heavy atom. The minimum atomic E-state index is -0.209. The van der Waals surface area contributed by atoms with Crippen molar-refractivity contribution in [2.45, 2.75) is 19.9 Å². The van der Waals surface area contributed by atoms with Crippen molar-refractivity contribution in [2.24, 2.45) is 4.99 Å². The molecule has 0 aliphatic carbocycles. The summed E-state index contributed by atoms with van der Waals surface area (Å²) in [6, 6.07) is 10.6. The van der Waals surface area contributed by atoms with Gasteiger partial charge in [-0.05, 0) is 42.7 Å². The largest absolute Gasteiger partial charge is 0.357 e. The van der Waals surface area contributed by atoms with Gasteiger partial charge in [0.05, 0.1) is 6.54 Å². The molecule has 3 rings (SSSR count). The number of rotatable bonds is 7. The van der Waals surface area contributed by atoms with Crippen LogP contribution in [0, 0.1) is 5.82 Å². The Morgan fingerprint density at radius 1 is 1.19 bits per heavy atom. The second kappa shape index (κ2) is 9.47. The van der Waals surface area contributed by atoms with E-state index in [4.69, 9.17) is 0 Å². The molecular weight excluding hydrogens is 343 g/mol. The third-order valence-electron chi connectivity index (χ3n) is 3.94. The number of halogens is 1. The van der Waals surface area contributed by atoms with Crippen LogP contribution in [0.2, 0.25) is 0 Å². The molecule has 27 heavy (non-hydrogen) atoms. The highest BCUT2D eigenvalue weighted by Crippen LogP contribution is 2.06. The monoisotopic (exact) mass is 366 g/mol. The van der Waals surface area contributed by atoms with Gasteiger partial charge >= 0.3 is 0 Å². The molecule has 0 saturated carbocycles. The molecule has 0 aliphatic heterocycles. The molecule has 1 aromatic carbocycles. The quantitative estimate of drug-likeness (QED) is 0.498. The molecule has 0 bridgehead atoms. The number of nitrogens with one attached hydrogen (secondary N) is 2. The maximum Gasteiger partial charge on any atom is 0.191 e. The normalized spacial score (nSPS) is 11.4. The van der Waals surface area contributed by atoms with E-state index in [1.165, 1.54) is 6.07 Å². The van der Waals surface area contributed by atoms with Crippen molar-refractivity contribution in [3.05, 3.63) is 78.3 Å². The molecule has 0 atom stereocenters. The van der Waals surface area contributed by atoms with E-state index < -0.39 is 0 Å². The van der Waals surface area contributed by atoms with E-state index in [0.717, 1.165) is 35.9 Å². The lowest BCUT2D eigenvalue weighted by Crippen LogP contribution is -2.38. The zero-order chi connectivity index (χ0) is 18.9. The molecule has 6 nitrogen and oxygen atoms in total. The number of aliphatic imine (C=N–C) groups is 1. The van der Waals surface area contributed by atoms with Gasteiger partial charge < -0.3 is 10.6 Å². The Labute approximate surface area is 158 Å². The molecule has 2 aromatic heterocycles. The zero-order valence-corrected chi connectivity index (χ0v) is 15.3. The van der Waals surface area contributed by atoms with Crippen LogP contribution in [-0.4, -0.2) is 33.6 Å². The van der Waals surface area contributed by atoms with E-state index in [1.807, 2.05) is 42.1 Å². The van der Waals surface area contributed by atoms with Gasteiger partial charge in [0.1, 0.15) is 18.0 Å². The van der Waals surface area contributed by atoms with Crippen molar-refractivity contribution in [3.8, 4) is 5.82 Å². The fraction of sp³-hybridized carbons (Fsp3) is 0.250. The lowest BCUT2D eigenvalue weighted by atomic mass is 10.1. The average molecular weight is 366 g/mol. The van der Waals surface area contributed by atoms with Gasteiger partial charge in [-0.25, -0.2) is 19.4 Å².